The van der Waals surface area contributed by atoms with Gasteiger partial charge in [0.25, 0.3) is 0 Å². The van der Waals surface area contributed by atoms with Gasteiger partial charge in [-0.25, -0.2) is 0 Å². The summed E-state index contributed by atoms with van der Waals surface area (Å²) in [6.45, 7) is 1.78. The molecule has 6 aromatic carbocycles. The number of hydrogen-bond donors (Lipinski definition) is 0. The van der Waals surface area contributed by atoms with Crippen LogP contribution in [0.4, 0.5) is 0 Å². The van der Waals surface area contributed by atoms with E-state index in [0.717, 1.165) is 43.1 Å². The number of carbonyl (C=O) groups excluding carboxylic acids is 2. The van der Waals surface area contributed by atoms with Gasteiger partial charge in [-0.2, -0.15) is 0 Å². The molecule has 4 heteroatoms. The maximum atomic E-state index is 13.2. The van der Waals surface area contributed by atoms with Crippen molar-refractivity contribution in [2.24, 2.45) is 5.92 Å². The summed E-state index contributed by atoms with van der Waals surface area (Å²) < 4.78 is 11.6. The van der Waals surface area contributed by atoms with Gasteiger partial charge >= 0.3 is 11.9 Å². The second-order valence-electron chi connectivity index (χ2n) is 9.16. The first-order chi connectivity index (χ1) is 18.1. The van der Waals surface area contributed by atoms with Gasteiger partial charge in [0.05, 0.1) is 0 Å². The standard InChI is InChI=1S/C33H24O4/c1-2-27(32(34)36-30-15-7-13-25-17-21-9-3-5-11-23(21)19-28(25)30)33(35)37-31-16-8-14-26-18-22-10-4-6-12-24(22)20-29(26)31/h3-20,27H,2H2,1H3. The van der Waals surface area contributed by atoms with Crippen molar-refractivity contribution in [3.63, 3.8) is 0 Å². The molecule has 0 atom stereocenters. The van der Waals surface area contributed by atoms with E-state index in [4.69, 9.17) is 9.47 Å². The first kappa shape index (κ1) is 22.7. The Morgan fingerprint density at radius 1 is 0.541 bits per heavy atom. The molecule has 0 bridgehead atoms. The summed E-state index contributed by atoms with van der Waals surface area (Å²) in [4.78, 5) is 26.4. The maximum absolute atomic E-state index is 13.2. The van der Waals surface area contributed by atoms with Crippen LogP contribution in [0.5, 0.6) is 11.5 Å². The number of benzene rings is 6. The van der Waals surface area contributed by atoms with E-state index in [1.54, 1.807) is 19.1 Å². The molecule has 6 rings (SSSR count). The molecule has 0 spiro atoms. The fourth-order valence-electron chi connectivity index (χ4n) is 4.84. The molecular weight excluding hydrogens is 460 g/mol. The van der Waals surface area contributed by atoms with Gasteiger partial charge in [-0.1, -0.05) is 79.7 Å². The van der Waals surface area contributed by atoms with Crippen molar-refractivity contribution < 1.29 is 19.1 Å². The minimum Gasteiger partial charge on any atom is -0.425 e. The summed E-state index contributed by atoms with van der Waals surface area (Å²) in [6.07, 6.45) is 0.263. The van der Waals surface area contributed by atoms with Crippen LogP contribution in [0.25, 0.3) is 43.1 Å². The van der Waals surface area contributed by atoms with E-state index in [9.17, 15) is 9.59 Å². The highest BCUT2D eigenvalue weighted by molar-refractivity contribution is 6.04. The molecule has 0 heterocycles. The molecular formula is C33H24O4. The highest BCUT2D eigenvalue weighted by Crippen LogP contribution is 2.32. The first-order valence-corrected chi connectivity index (χ1v) is 12.4. The van der Waals surface area contributed by atoms with Crippen LogP contribution in [-0.4, -0.2) is 11.9 Å². The fraction of sp³-hybridized carbons (Fsp3) is 0.0909. The summed E-state index contributed by atoms with van der Waals surface area (Å²) in [5.74, 6) is -1.45. The molecule has 0 saturated carbocycles. The summed E-state index contributed by atoms with van der Waals surface area (Å²) in [5, 5.41) is 7.87. The molecule has 0 aliphatic heterocycles. The lowest BCUT2D eigenvalue weighted by molar-refractivity contribution is -0.151. The van der Waals surface area contributed by atoms with Crippen LogP contribution < -0.4 is 9.47 Å². The van der Waals surface area contributed by atoms with Gasteiger partial charge in [0.15, 0.2) is 5.92 Å². The normalized spacial score (nSPS) is 11.4. The summed E-state index contributed by atoms with van der Waals surface area (Å²) >= 11 is 0. The average Bonchev–Trinajstić information content (AvgIpc) is 2.92. The Kier molecular flexibility index (Phi) is 5.78. The Balaban J connectivity index is 1.28. The van der Waals surface area contributed by atoms with Gasteiger partial charge in [0, 0.05) is 10.8 Å². The van der Waals surface area contributed by atoms with E-state index in [-0.39, 0.29) is 6.42 Å². The number of ether oxygens (including phenoxy) is 2. The molecule has 0 aromatic heterocycles. The zero-order valence-electron chi connectivity index (χ0n) is 20.3. The molecule has 37 heavy (non-hydrogen) atoms. The van der Waals surface area contributed by atoms with Crippen molar-refractivity contribution in [2.75, 3.05) is 0 Å². The van der Waals surface area contributed by atoms with Crippen LogP contribution in [-0.2, 0) is 9.59 Å². The average molecular weight is 485 g/mol. The van der Waals surface area contributed by atoms with Gasteiger partial charge in [-0.15, -0.1) is 0 Å². The lowest BCUT2D eigenvalue weighted by Crippen LogP contribution is -2.31. The molecule has 0 aliphatic rings. The predicted octanol–water partition coefficient (Wildman–Crippen LogP) is 7.84. The highest BCUT2D eigenvalue weighted by Gasteiger charge is 2.30. The first-order valence-electron chi connectivity index (χ1n) is 12.4. The zero-order chi connectivity index (χ0) is 25.4. The molecule has 0 unspecified atom stereocenters. The molecule has 0 N–H and O–H groups in total. The molecule has 0 aliphatic carbocycles. The molecule has 0 radical (unpaired) electrons. The topological polar surface area (TPSA) is 52.6 Å². The monoisotopic (exact) mass is 484 g/mol. The lowest BCUT2D eigenvalue weighted by Gasteiger charge is -2.16. The van der Waals surface area contributed by atoms with Crippen LogP contribution in [0.15, 0.2) is 109 Å². The molecule has 180 valence electrons. The third kappa shape index (κ3) is 4.27. The van der Waals surface area contributed by atoms with Crippen molar-refractivity contribution in [3.05, 3.63) is 109 Å². The smallest absolute Gasteiger partial charge is 0.325 e. The third-order valence-electron chi connectivity index (χ3n) is 6.81. The summed E-state index contributed by atoms with van der Waals surface area (Å²) in [7, 11) is 0. The van der Waals surface area contributed by atoms with Gasteiger partial charge in [0.1, 0.15) is 11.5 Å². The molecule has 6 aromatic rings. The van der Waals surface area contributed by atoms with E-state index in [0.29, 0.717) is 11.5 Å². The van der Waals surface area contributed by atoms with Gasteiger partial charge < -0.3 is 9.47 Å². The molecule has 0 fully saturated rings. The maximum Gasteiger partial charge on any atom is 0.325 e. The van der Waals surface area contributed by atoms with Crippen LogP contribution >= 0.6 is 0 Å². The van der Waals surface area contributed by atoms with Gasteiger partial charge in [0.2, 0.25) is 0 Å². The number of esters is 2. The second-order valence-corrected chi connectivity index (χ2v) is 9.16. The fourth-order valence-corrected chi connectivity index (χ4v) is 4.84. The Morgan fingerprint density at radius 3 is 1.32 bits per heavy atom. The van der Waals surface area contributed by atoms with Crippen molar-refractivity contribution in [3.8, 4) is 11.5 Å². The van der Waals surface area contributed by atoms with Crippen LogP contribution in [0.2, 0.25) is 0 Å². The number of hydrogen-bond acceptors (Lipinski definition) is 4. The summed E-state index contributed by atoms with van der Waals surface area (Å²) in [5.41, 5.74) is 0. The SMILES string of the molecule is CCC(C(=O)Oc1cccc2cc3ccccc3cc12)C(=O)Oc1cccc2cc3ccccc3cc12. The van der Waals surface area contributed by atoms with Crippen molar-refractivity contribution in [1.82, 2.24) is 0 Å². The molecule has 0 saturated heterocycles. The zero-order valence-corrected chi connectivity index (χ0v) is 20.3. The van der Waals surface area contributed by atoms with Crippen molar-refractivity contribution >= 4 is 55.0 Å². The quantitative estimate of drug-likeness (QED) is 0.108. The lowest BCUT2D eigenvalue weighted by atomic mass is 10.0. The van der Waals surface area contributed by atoms with E-state index < -0.39 is 17.9 Å². The van der Waals surface area contributed by atoms with Crippen LogP contribution in [0, 0.1) is 5.92 Å². The second kappa shape index (κ2) is 9.40. The van der Waals surface area contributed by atoms with E-state index >= 15 is 0 Å². The van der Waals surface area contributed by atoms with Crippen molar-refractivity contribution in [1.29, 1.82) is 0 Å². The van der Waals surface area contributed by atoms with Crippen molar-refractivity contribution in [2.45, 2.75) is 13.3 Å². The van der Waals surface area contributed by atoms with Crippen LogP contribution in [0.1, 0.15) is 13.3 Å². The van der Waals surface area contributed by atoms with E-state index in [2.05, 4.69) is 12.1 Å². The summed E-state index contributed by atoms with van der Waals surface area (Å²) in [6, 6.07) is 35.4. The Morgan fingerprint density at radius 2 is 0.919 bits per heavy atom. The van der Waals surface area contributed by atoms with Crippen LogP contribution in [0.3, 0.4) is 0 Å². The Bertz CT molecular complexity index is 1690. The Hall–Kier alpha value is -4.70. The van der Waals surface area contributed by atoms with E-state index in [1.807, 2.05) is 84.9 Å². The Labute approximate surface area is 214 Å². The number of carbonyl (C=O) groups is 2. The number of fused-ring (bicyclic) bond motifs is 4. The minimum atomic E-state index is -1.05. The van der Waals surface area contributed by atoms with Gasteiger partial charge in [-0.05, 0) is 75.1 Å². The molecule has 0 amide bonds. The molecule has 4 nitrogen and oxygen atoms in total. The predicted molar refractivity (Wildman–Crippen MR) is 148 cm³/mol. The van der Waals surface area contributed by atoms with E-state index in [1.165, 1.54) is 0 Å². The largest absolute Gasteiger partial charge is 0.425 e. The third-order valence-corrected chi connectivity index (χ3v) is 6.81. The minimum absolute atomic E-state index is 0.263. The number of rotatable bonds is 5. The van der Waals surface area contributed by atoms with Gasteiger partial charge in [-0.3, -0.25) is 9.59 Å². The highest BCUT2D eigenvalue weighted by atomic mass is 16.6.